The number of para-hydroxylation sites is 3. The first-order valence-electron chi connectivity index (χ1n) is 9.17. The molecule has 0 spiro atoms. The van der Waals surface area contributed by atoms with Crippen molar-refractivity contribution in [2.24, 2.45) is 0 Å². The molecule has 2 aromatic carbocycles. The van der Waals surface area contributed by atoms with Gasteiger partial charge in [-0.25, -0.2) is 9.97 Å². The minimum atomic E-state index is -0.321. The molecule has 1 aromatic heterocycles. The van der Waals surface area contributed by atoms with Crippen LogP contribution < -0.4 is 15.4 Å². The number of carbonyl (C=O) groups is 1. The molecular weight excluding hydrogens is 352 g/mol. The second-order valence-electron chi connectivity index (χ2n) is 6.43. The lowest BCUT2D eigenvalue weighted by Gasteiger charge is -2.15. The first-order valence-corrected chi connectivity index (χ1v) is 9.17. The molecule has 3 rings (SSSR count). The minimum Gasteiger partial charge on any atom is -0.495 e. The molecule has 144 valence electrons. The van der Waals surface area contributed by atoms with E-state index in [1.165, 1.54) is 5.56 Å². The Kier molecular flexibility index (Phi) is 5.89. The topological polar surface area (TPSA) is 76.1 Å². The van der Waals surface area contributed by atoms with Crippen LogP contribution in [-0.2, 0) is 6.42 Å². The molecule has 0 radical (unpaired) electrons. The fourth-order valence-electron chi connectivity index (χ4n) is 3.01. The van der Waals surface area contributed by atoms with E-state index in [0.29, 0.717) is 23.1 Å². The summed E-state index contributed by atoms with van der Waals surface area (Å²) in [5.41, 5.74) is 4.20. The monoisotopic (exact) mass is 376 g/mol. The van der Waals surface area contributed by atoms with Gasteiger partial charge in [0.1, 0.15) is 23.1 Å². The molecule has 6 nitrogen and oxygen atoms in total. The predicted octanol–water partition coefficient (Wildman–Crippen LogP) is 4.66. The molecule has 0 aliphatic heterocycles. The average molecular weight is 376 g/mol. The average Bonchev–Trinajstić information content (AvgIpc) is 2.69. The van der Waals surface area contributed by atoms with E-state index in [0.717, 1.165) is 17.7 Å². The van der Waals surface area contributed by atoms with Crippen molar-refractivity contribution >= 4 is 23.1 Å². The second kappa shape index (κ2) is 8.52. The lowest BCUT2D eigenvalue weighted by molar-refractivity contribution is 0.102. The normalized spacial score (nSPS) is 10.4. The van der Waals surface area contributed by atoms with Crippen molar-refractivity contribution in [2.75, 3.05) is 17.7 Å². The van der Waals surface area contributed by atoms with E-state index in [-0.39, 0.29) is 11.6 Å². The lowest BCUT2D eigenvalue weighted by atomic mass is 10.1. The maximum atomic E-state index is 12.7. The van der Waals surface area contributed by atoms with E-state index in [9.17, 15) is 4.79 Å². The molecule has 1 heterocycles. The maximum Gasteiger partial charge on any atom is 0.274 e. The van der Waals surface area contributed by atoms with Crippen LogP contribution in [0.5, 0.6) is 5.75 Å². The number of ether oxygens (including phenoxy) is 1. The van der Waals surface area contributed by atoms with Gasteiger partial charge in [-0.3, -0.25) is 4.79 Å². The van der Waals surface area contributed by atoms with Gasteiger partial charge in [-0.15, -0.1) is 0 Å². The van der Waals surface area contributed by atoms with Crippen molar-refractivity contribution in [3.05, 3.63) is 71.2 Å². The minimum absolute atomic E-state index is 0.285. The molecule has 3 aromatic rings. The molecule has 6 heteroatoms. The van der Waals surface area contributed by atoms with Crippen molar-refractivity contribution in [1.29, 1.82) is 0 Å². The smallest absolute Gasteiger partial charge is 0.274 e. The number of methoxy groups -OCH3 is 1. The standard InChI is InChI=1S/C22H24N4O2/c1-5-16-10-8-9-14(2)21(16)26-20-13-18(23-15(3)24-20)22(27)25-17-11-6-7-12-19(17)28-4/h6-13H,5H2,1-4H3,(H,25,27)(H,23,24,26). The molecule has 28 heavy (non-hydrogen) atoms. The largest absolute Gasteiger partial charge is 0.495 e. The quantitative estimate of drug-likeness (QED) is 0.654. The van der Waals surface area contributed by atoms with E-state index in [1.807, 2.05) is 31.2 Å². The molecular formula is C22H24N4O2. The summed E-state index contributed by atoms with van der Waals surface area (Å²) in [7, 11) is 1.56. The maximum absolute atomic E-state index is 12.7. The summed E-state index contributed by atoms with van der Waals surface area (Å²) in [6.07, 6.45) is 0.898. The van der Waals surface area contributed by atoms with Gasteiger partial charge < -0.3 is 15.4 Å². The van der Waals surface area contributed by atoms with Crippen LogP contribution in [0.2, 0.25) is 0 Å². The molecule has 0 aliphatic carbocycles. The highest BCUT2D eigenvalue weighted by Crippen LogP contribution is 2.26. The number of rotatable bonds is 6. The Morgan fingerprint density at radius 2 is 1.86 bits per heavy atom. The Morgan fingerprint density at radius 1 is 1.07 bits per heavy atom. The van der Waals surface area contributed by atoms with Crippen LogP contribution in [-0.4, -0.2) is 23.0 Å². The number of carbonyl (C=O) groups excluding carboxylic acids is 1. The van der Waals surface area contributed by atoms with Crippen LogP contribution in [0, 0.1) is 13.8 Å². The third-order valence-electron chi connectivity index (χ3n) is 4.42. The number of hydrogen-bond donors (Lipinski definition) is 2. The number of amides is 1. The number of nitrogens with one attached hydrogen (secondary N) is 2. The van der Waals surface area contributed by atoms with Crippen molar-refractivity contribution in [3.63, 3.8) is 0 Å². The second-order valence-corrected chi connectivity index (χ2v) is 6.43. The van der Waals surface area contributed by atoms with E-state index >= 15 is 0 Å². The third-order valence-corrected chi connectivity index (χ3v) is 4.42. The number of aromatic nitrogens is 2. The van der Waals surface area contributed by atoms with Gasteiger partial charge in [0, 0.05) is 11.8 Å². The summed E-state index contributed by atoms with van der Waals surface area (Å²) >= 11 is 0. The van der Waals surface area contributed by atoms with Crippen LogP contribution in [0.15, 0.2) is 48.5 Å². The molecule has 2 N–H and O–H groups in total. The van der Waals surface area contributed by atoms with Gasteiger partial charge >= 0.3 is 0 Å². The van der Waals surface area contributed by atoms with Crippen molar-refractivity contribution < 1.29 is 9.53 Å². The summed E-state index contributed by atoms with van der Waals surface area (Å²) < 4.78 is 5.29. The van der Waals surface area contributed by atoms with Gasteiger partial charge in [0.2, 0.25) is 0 Å². The first kappa shape index (κ1) is 19.4. The zero-order chi connectivity index (χ0) is 20.1. The van der Waals surface area contributed by atoms with E-state index in [4.69, 9.17) is 4.74 Å². The Bertz CT molecular complexity index is 1000. The zero-order valence-corrected chi connectivity index (χ0v) is 16.5. The first-order chi connectivity index (χ1) is 13.5. The Hall–Kier alpha value is -3.41. The predicted molar refractivity (Wildman–Crippen MR) is 112 cm³/mol. The summed E-state index contributed by atoms with van der Waals surface area (Å²) in [6, 6.07) is 15.1. The fourth-order valence-corrected chi connectivity index (χ4v) is 3.01. The van der Waals surface area contributed by atoms with Gasteiger partial charge in [-0.1, -0.05) is 37.3 Å². The Balaban J connectivity index is 1.89. The van der Waals surface area contributed by atoms with Crippen LogP contribution >= 0.6 is 0 Å². The highest BCUT2D eigenvalue weighted by molar-refractivity contribution is 6.04. The Morgan fingerprint density at radius 3 is 2.61 bits per heavy atom. The van der Waals surface area contributed by atoms with Crippen LogP contribution in [0.25, 0.3) is 0 Å². The molecule has 1 amide bonds. The van der Waals surface area contributed by atoms with Gasteiger partial charge in [0.15, 0.2) is 0 Å². The van der Waals surface area contributed by atoms with Crippen molar-refractivity contribution in [3.8, 4) is 5.75 Å². The summed E-state index contributed by atoms with van der Waals surface area (Å²) in [5.74, 6) is 1.37. The van der Waals surface area contributed by atoms with E-state index < -0.39 is 0 Å². The number of nitrogens with zero attached hydrogens (tertiary/aromatic N) is 2. The fraction of sp³-hybridized carbons (Fsp3) is 0.227. The van der Waals surface area contributed by atoms with E-state index in [1.54, 1.807) is 32.2 Å². The van der Waals surface area contributed by atoms with E-state index in [2.05, 4.69) is 33.6 Å². The van der Waals surface area contributed by atoms with Crippen molar-refractivity contribution in [1.82, 2.24) is 9.97 Å². The molecule has 0 aliphatic rings. The summed E-state index contributed by atoms with van der Waals surface area (Å²) in [4.78, 5) is 21.5. The molecule has 0 bridgehead atoms. The molecule has 0 atom stereocenters. The number of aryl methyl sites for hydroxylation is 3. The van der Waals surface area contributed by atoms with Gasteiger partial charge in [-0.05, 0) is 43.5 Å². The lowest BCUT2D eigenvalue weighted by Crippen LogP contribution is -2.16. The van der Waals surface area contributed by atoms with Crippen LogP contribution in [0.4, 0.5) is 17.2 Å². The van der Waals surface area contributed by atoms with Crippen molar-refractivity contribution in [2.45, 2.75) is 27.2 Å². The van der Waals surface area contributed by atoms with Gasteiger partial charge in [-0.2, -0.15) is 0 Å². The molecule has 0 saturated heterocycles. The number of benzene rings is 2. The SMILES string of the molecule is CCc1cccc(C)c1Nc1cc(C(=O)Nc2ccccc2OC)nc(C)n1. The third kappa shape index (κ3) is 4.28. The molecule has 0 unspecified atom stereocenters. The Labute approximate surface area is 165 Å². The van der Waals surface area contributed by atoms with Crippen LogP contribution in [0.1, 0.15) is 34.4 Å². The highest BCUT2D eigenvalue weighted by atomic mass is 16.5. The zero-order valence-electron chi connectivity index (χ0n) is 16.5. The van der Waals surface area contributed by atoms with Gasteiger partial charge in [0.05, 0.1) is 12.8 Å². The number of hydrogen-bond acceptors (Lipinski definition) is 5. The molecule has 0 fully saturated rings. The van der Waals surface area contributed by atoms with Crippen LogP contribution in [0.3, 0.4) is 0 Å². The molecule has 0 saturated carbocycles. The highest BCUT2D eigenvalue weighted by Gasteiger charge is 2.14. The summed E-state index contributed by atoms with van der Waals surface area (Å²) in [6.45, 7) is 5.92. The van der Waals surface area contributed by atoms with Gasteiger partial charge in [0.25, 0.3) is 5.91 Å². The number of anilines is 3. The summed E-state index contributed by atoms with van der Waals surface area (Å²) in [5, 5.41) is 6.21.